The number of ether oxygens (including phenoxy) is 1. The number of hydrogen-bond acceptors (Lipinski definition) is 3. The second-order valence-electron chi connectivity index (χ2n) is 6.76. The summed E-state index contributed by atoms with van der Waals surface area (Å²) in [6, 6.07) is 7.56. The van der Waals surface area contributed by atoms with Crippen molar-refractivity contribution in [2.75, 3.05) is 7.05 Å². The Morgan fingerprint density at radius 3 is 2.70 bits per heavy atom. The SMILES string of the molecule is Cc1cc(Cl)c2c(c1OC(F)F)Cn1c(nc3ccc(Br)cc31)CN(C)C2. The Morgan fingerprint density at radius 2 is 1.96 bits per heavy atom. The van der Waals surface area contributed by atoms with Gasteiger partial charge in [0.15, 0.2) is 0 Å². The van der Waals surface area contributed by atoms with Crippen LogP contribution in [0, 0.1) is 6.92 Å². The molecule has 0 aliphatic carbocycles. The zero-order valence-electron chi connectivity index (χ0n) is 14.8. The van der Waals surface area contributed by atoms with Gasteiger partial charge in [-0.1, -0.05) is 27.5 Å². The molecule has 0 spiro atoms. The highest BCUT2D eigenvalue weighted by Crippen LogP contribution is 2.37. The maximum absolute atomic E-state index is 13.1. The number of aryl methyl sites for hydroxylation is 1. The Balaban J connectivity index is 1.97. The zero-order valence-corrected chi connectivity index (χ0v) is 17.1. The van der Waals surface area contributed by atoms with E-state index in [9.17, 15) is 8.78 Å². The van der Waals surface area contributed by atoms with Crippen molar-refractivity contribution in [3.8, 4) is 5.75 Å². The van der Waals surface area contributed by atoms with Gasteiger partial charge in [0.05, 0.1) is 24.1 Å². The van der Waals surface area contributed by atoms with Crippen molar-refractivity contribution in [2.24, 2.45) is 0 Å². The molecule has 3 aromatic rings. The van der Waals surface area contributed by atoms with Crippen LogP contribution in [-0.4, -0.2) is 28.1 Å². The van der Waals surface area contributed by atoms with E-state index in [0.717, 1.165) is 26.9 Å². The molecule has 0 amide bonds. The summed E-state index contributed by atoms with van der Waals surface area (Å²) in [7, 11) is 1.96. The molecular weight excluding hydrogens is 440 g/mol. The van der Waals surface area contributed by atoms with Crippen LogP contribution in [0.4, 0.5) is 8.78 Å². The van der Waals surface area contributed by atoms with Gasteiger partial charge in [-0.05, 0) is 49.4 Å². The van der Waals surface area contributed by atoms with Crippen LogP contribution in [0.3, 0.4) is 0 Å². The normalized spacial score (nSPS) is 14.8. The second-order valence-corrected chi connectivity index (χ2v) is 8.08. The number of fused-ring (bicyclic) bond motifs is 4. The van der Waals surface area contributed by atoms with E-state index in [1.54, 1.807) is 13.0 Å². The van der Waals surface area contributed by atoms with Crippen LogP contribution in [0.5, 0.6) is 5.75 Å². The topological polar surface area (TPSA) is 30.3 Å². The monoisotopic (exact) mass is 455 g/mol. The fourth-order valence-corrected chi connectivity index (χ4v) is 4.31. The molecule has 4 rings (SSSR count). The molecule has 2 heterocycles. The summed E-state index contributed by atoms with van der Waals surface area (Å²) in [6.45, 7) is 0.359. The van der Waals surface area contributed by atoms with E-state index in [1.165, 1.54) is 0 Å². The first-order valence-corrected chi connectivity index (χ1v) is 9.59. The summed E-state index contributed by atoms with van der Waals surface area (Å²) in [6.07, 6.45) is 0. The van der Waals surface area contributed by atoms with Gasteiger partial charge in [0.25, 0.3) is 0 Å². The van der Waals surface area contributed by atoms with Gasteiger partial charge >= 0.3 is 6.61 Å². The molecule has 27 heavy (non-hydrogen) atoms. The molecule has 0 radical (unpaired) electrons. The maximum atomic E-state index is 13.1. The highest BCUT2D eigenvalue weighted by atomic mass is 79.9. The fourth-order valence-electron chi connectivity index (χ4n) is 3.62. The molecular formula is C19H17BrClF2N3O. The van der Waals surface area contributed by atoms with Gasteiger partial charge in [-0.3, -0.25) is 4.90 Å². The van der Waals surface area contributed by atoms with Crippen LogP contribution in [0.25, 0.3) is 11.0 Å². The number of aromatic nitrogens is 2. The second kappa shape index (κ2) is 7.04. The fraction of sp³-hybridized carbons (Fsp3) is 0.316. The van der Waals surface area contributed by atoms with Gasteiger partial charge < -0.3 is 9.30 Å². The number of halogens is 4. The maximum Gasteiger partial charge on any atom is 0.387 e. The molecule has 0 unspecified atom stereocenters. The van der Waals surface area contributed by atoms with Gasteiger partial charge in [-0.25, -0.2) is 4.98 Å². The molecule has 0 saturated heterocycles. The Hall–Kier alpha value is -1.70. The van der Waals surface area contributed by atoms with Gasteiger partial charge in [0, 0.05) is 21.6 Å². The van der Waals surface area contributed by atoms with Gasteiger partial charge in [-0.2, -0.15) is 8.78 Å². The number of hydrogen-bond donors (Lipinski definition) is 0. The van der Waals surface area contributed by atoms with E-state index >= 15 is 0 Å². The van der Waals surface area contributed by atoms with Crippen molar-refractivity contribution in [1.29, 1.82) is 0 Å². The summed E-state index contributed by atoms with van der Waals surface area (Å²) in [5.74, 6) is 1.07. The Kier molecular flexibility index (Phi) is 4.86. The minimum Gasteiger partial charge on any atom is -0.434 e. The molecule has 0 fully saturated rings. The quantitative estimate of drug-likeness (QED) is 0.520. The molecule has 0 atom stereocenters. The van der Waals surface area contributed by atoms with Crippen molar-refractivity contribution >= 4 is 38.6 Å². The predicted octanol–water partition coefficient (Wildman–Crippen LogP) is 5.36. The van der Waals surface area contributed by atoms with E-state index in [2.05, 4.69) is 20.8 Å². The molecule has 142 valence electrons. The molecule has 1 aromatic heterocycles. The lowest BCUT2D eigenvalue weighted by Gasteiger charge is -2.27. The minimum atomic E-state index is -2.90. The molecule has 8 heteroatoms. The lowest BCUT2D eigenvalue weighted by atomic mass is 10.0. The Bertz CT molecular complexity index is 1020. The molecule has 1 aliphatic heterocycles. The van der Waals surface area contributed by atoms with Gasteiger partial charge in [0.1, 0.15) is 11.6 Å². The third-order valence-corrected chi connectivity index (χ3v) is 5.61. The molecule has 0 saturated carbocycles. The number of benzene rings is 2. The first kappa shape index (κ1) is 18.7. The van der Waals surface area contributed by atoms with Crippen molar-refractivity contribution in [3.63, 3.8) is 0 Å². The first-order chi connectivity index (χ1) is 12.8. The largest absolute Gasteiger partial charge is 0.434 e. The van der Waals surface area contributed by atoms with Crippen LogP contribution in [0.2, 0.25) is 5.02 Å². The third-order valence-electron chi connectivity index (χ3n) is 4.78. The lowest BCUT2D eigenvalue weighted by Crippen LogP contribution is -2.25. The molecule has 1 aliphatic rings. The van der Waals surface area contributed by atoms with Crippen LogP contribution < -0.4 is 4.74 Å². The van der Waals surface area contributed by atoms with E-state index in [1.807, 2.05) is 29.8 Å². The smallest absolute Gasteiger partial charge is 0.387 e. The van der Waals surface area contributed by atoms with Crippen LogP contribution in [-0.2, 0) is 19.6 Å². The highest BCUT2D eigenvalue weighted by molar-refractivity contribution is 9.10. The van der Waals surface area contributed by atoms with Crippen molar-refractivity contribution in [3.05, 3.63) is 56.3 Å². The summed E-state index contributed by atoms with van der Waals surface area (Å²) in [5.41, 5.74) is 3.87. The Morgan fingerprint density at radius 1 is 1.19 bits per heavy atom. The molecule has 0 bridgehead atoms. The highest BCUT2D eigenvalue weighted by Gasteiger charge is 2.25. The standard InChI is InChI=1S/C19H17BrClF2N3O/c1-10-5-14(21)12-7-25(2)9-17-24-15-4-3-11(20)6-16(15)26(17)8-13(12)18(10)27-19(22)23/h3-6,19H,7-9H2,1-2H3. The summed E-state index contributed by atoms with van der Waals surface area (Å²) >= 11 is 9.99. The van der Waals surface area contributed by atoms with Crippen LogP contribution >= 0.6 is 27.5 Å². The van der Waals surface area contributed by atoms with Crippen molar-refractivity contribution in [2.45, 2.75) is 33.2 Å². The first-order valence-electron chi connectivity index (χ1n) is 8.42. The predicted molar refractivity (Wildman–Crippen MR) is 105 cm³/mol. The average molecular weight is 457 g/mol. The minimum absolute atomic E-state index is 0.197. The molecule has 0 N–H and O–H groups in total. The summed E-state index contributed by atoms with van der Waals surface area (Å²) in [4.78, 5) is 6.80. The summed E-state index contributed by atoms with van der Waals surface area (Å²) < 4.78 is 34.0. The third kappa shape index (κ3) is 3.44. The van der Waals surface area contributed by atoms with E-state index in [-0.39, 0.29) is 5.75 Å². The number of nitrogens with zero attached hydrogens (tertiary/aromatic N) is 3. The van der Waals surface area contributed by atoms with Crippen molar-refractivity contribution < 1.29 is 13.5 Å². The number of rotatable bonds is 2. The van der Waals surface area contributed by atoms with E-state index in [0.29, 0.717) is 35.8 Å². The van der Waals surface area contributed by atoms with Gasteiger partial charge in [0.2, 0.25) is 0 Å². The van der Waals surface area contributed by atoms with E-state index < -0.39 is 6.61 Å². The van der Waals surface area contributed by atoms with Gasteiger partial charge in [-0.15, -0.1) is 0 Å². The van der Waals surface area contributed by atoms with E-state index in [4.69, 9.17) is 21.3 Å². The number of imidazole rings is 1. The molecule has 4 nitrogen and oxygen atoms in total. The Labute approximate surface area is 168 Å². The molecule has 2 aromatic carbocycles. The van der Waals surface area contributed by atoms with Crippen LogP contribution in [0.15, 0.2) is 28.7 Å². The number of alkyl halides is 2. The van der Waals surface area contributed by atoms with Crippen molar-refractivity contribution in [1.82, 2.24) is 14.5 Å². The lowest BCUT2D eigenvalue weighted by molar-refractivity contribution is -0.0510. The zero-order chi connectivity index (χ0) is 19.3. The average Bonchev–Trinajstić information content (AvgIpc) is 2.88. The van der Waals surface area contributed by atoms with Crippen LogP contribution in [0.1, 0.15) is 22.5 Å². The summed E-state index contributed by atoms with van der Waals surface area (Å²) in [5, 5.41) is 0.560.